The van der Waals surface area contributed by atoms with Gasteiger partial charge in [0.15, 0.2) is 0 Å². The lowest BCUT2D eigenvalue weighted by atomic mass is 10.0. The molecule has 0 aliphatic carbocycles. The van der Waals surface area contributed by atoms with E-state index in [0.29, 0.717) is 0 Å². The molecule has 3 heterocycles. The van der Waals surface area contributed by atoms with E-state index in [-0.39, 0.29) is 6.04 Å². The molecule has 1 unspecified atom stereocenters. The predicted molar refractivity (Wildman–Crippen MR) is 66.4 cm³/mol. The number of pyridine rings is 1. The maximum Gasteiger partial charge on any atom is 0.0896 e. The van der Waals surface area contributed by atoms with Gasteiger partial charge >= 0.3 is 0 Å². The van der Waals surface area contributed by atoms with E-state index in [2.05, 4.69) is 20.5 Å². The van der Waals surface area contributed by atoms with Crippen molar-refractivity contribution >= 4 is 5.52 Å². The van der Waals surface area contributed by atoms with Gasteiger partial charge in [-0.2, -0.15) is 5.10 Å². The van der Waals surface area contributed by atoms with Crippen LogP contribution in [-0.4, -0.2) is 19.6 Å². The Labute approximate surface area is 103 Å². The van der Waals surface area contributed by atoms with Gasteiger partial charge < -0.3 is 0 Å². The second-order valence-electron chi connectivity index (χ2n) is 3.89. The summed E-state index contributed by atoms with van der Waals surface area (Å²) in [4.78, 5) is 8.22. The van der Waals surface area contributed by atoms with E-state index in [1.165, 1.54) is 0 Å². The molecule has 3 aromatic heterocycles. The lowest BCUT2D eigenvalue weighted by Gasteiger charge is -2.14. The smallest absolute Gasteiger partial charge is 0.0896 e. The van der Waals surface area contributed by atoms with Gasteiger partial charge in [0.2, 0.25) is 0 Å². The number of nitrogens with one attached hydrogen (secondary N) is 1. The Balaban J connectivity index is 2.12. The summed E-state index contributed by atoms with van der Waals surface area (Å²) in [6.45, 7) is 0. The van der Waals surface area contributed by atoms with E-state index in [9.17, 15) is 0 Å². The van der Waals surface area contributed by atoms with Crippen molar-refractivity contribution in [3.05, 3.63) is 60.4 Å². The van der Waals surface area contributed by atoms with Crippen LogP contribution in [0.2, 0.25) is 0 Å². The van der Waals surface area contributed by atoms with Crippen molar-refractivity contribution < 1.29 is 0 Å². The van der Waals surface area contributed by atoms with Gasteiger partial charge in [-0.1, -0.05) is 6.07 Å². The molecule has 6 nitrogen and oxygen atoms in total. The fraction of sp³-hybridized carbons (Fsp3) is 0.0833. The van der Waals surface area contributed by atoms with E-state index in [1.807, 2.05) is 12.1 Å². The molecule has 0 aromatic carbocycles. The standard InChI is InChI=1S/C12H12N6/c13-17-12(9-2-1-3-14-6-9)10-7-16-18-5-4-15-8-11(10)18/h1-8,12,17H,13H2. The van der Waals surface area contributed by atoms with Gasteiger partial charge in [-0.15, -0.1) is 0 Å². The van der Waals surface area contributed by atoms with Gasteiger partial charge in [0.25, 0.3) is 0 Å². The minimum absolute atomic E-state index is 0.152. The van der Waals surface area contributed by atoms with Gasteiger partial charge in [-0.05, 0) is 11.6 Å². The number of nitrogens with two attached hydrogens (primary N) is 1. The Bertz CT molecular complexity index is 648. The molecule has 0 aliphatic rings. The van der Waals surface area contributed by atoms with E-state index >= 15 is 0 Å². The molecule has 90 valence electrons. The molecule has 0 spiro atoms. The molecule has 0 saturated heterocycles. The van der Waals surface area contributed by atoms with Crippen molar-refractivity contribution in [2.45, 2.75) is 6.04 Å². The number of fused-ring (bicyclic) bond motifs is 1. The summed E-state index contributed by atoms with van der Waals surface area (Å²) in [5.74, 6) is 5.65. The molecule has 6 heteroatoms. The Morgan fingerprint density at radius 3 is 2.83 bits per heavy atom. The first-order valence-corrected chi connectivity index (χ1v) is 5.53. The fourth-order valence-electron chi connectivity index (χ4n) is 1.99. The third-order valence-corrected chi connectivity index (χ3v) is 2.85. The number of hydrogen-bond acceptors (Lipinski definition) is 5. The summed E-state index contributed by atoms with van der Waals surface area (Å²) >= 11 is 0. The molecule has 3 rings (SSSR count). The molecular formula is C12H12N6. The van der Waals surface area contributed by atoms with Crippen LogP contribution in [-0.2, 0) is 0 Å². The minimum atomic E-state index is -0.152. The van der Waals surface area contributed by atoms with Crippen LogP contribution in [0.5, 0.6) is 0 Å². The predicted octanol–water partition coefficient (Wildman–Crippen LogP) is 0.677. The van der Waals surface area contributed by atoms with E-state index in [4.69, 9.17) is 5.84 Å². The first-order valence-electron chi connectivity index (χ1n) is 5.53. The molecule has 0 amide bonds. The topological polar surface area (TPSA) is 81.1 Å². The SMILES string of the molecule is NNC(c1cccnc1)c1cnn2ccncc12. The van der Waals surface area contributed by atoms with Gasteiger partial charge in [0.1, 0.15) is 0 Å². The van der Waals surface area contributed by atoms with Crippen molar-refractivity contribution in [3.8, 4) is 0 Å². The summed E-state index contributed by atoms with van der Waals surface area (Å²) in [7, 11) is 0. The summed E-state index contributed by atoms with van der Waals surface area (Å²) < 4.78 is 1.77. The normalized spacial score (nSPS) is 12.7. The largest absolute Gasteiger partial charge is 0.271 e. The zero-order valence-corrected chi connectivity index (χ0v) is 9.56. The zero-order valence-electron chi connectivity index (χ0n) is 9.56. The van der Waals surface area contributed by atoms with Crippen molar-refractivity contribution in [2.75, 3.05) is 0 Å². The van der Waals surface area contributed by atoms with E-state index in [0.717, 1.165) is 16.6 Å². The highest BCUT2D eigenvalue weighted by atomic mass is 15.3. The fourth-order valence-corrected chi connectivity index (χ4v) is 1.99. The second kappa shape index (κ2) is 4.52. The van der Waals surface area contributed by atoms with Gasteiger partial charge in [-0.3, -0.25) is 15.8 Å². The molecule has 1 atom stereocenters. The maximum atomic E-state index is 5.65. The summed E-state index contributed by atoms with van der Waals surface area (Å²) in [5, 5.41) is 4.27. The maximum absolute atomic E-state index is 5.65. The molecular weight excluding hydrogens is 228 g/mol. The average molecular weight is 240 g/mol. The Morgan fingerprint density at radius 1 is 1.17 bits per heavy atom. The highest BCUT2D eigenvalue weighted by Crippen LogP contribution is 2.23. The Hall–Kier alpha value is -2.31. The second-order valence-corrected chi connectivity index (χ2v) is 3.89. The Kier molecular flexibility index (Phi) is 2.71. The number of rotatable bonds is 3. The van der Waals surface area contributed by atoms with Crippen molar-refractivity contribution in [3.63, 3.8) is 0 Å². The molecule has 0 aliphatic heterocycles. The van der Waals surface area contributed by atoms with Crippen LogP contribution < -0.4 is 11.3 Å². The molecule has 3 N–H and O–H groups in total. The van der Waals surface area contributed by atoms with E-state index in [1.54, 1.807) is 41.7 Å². The number of hydrogen-bond donors (Lipinski definition) is 2. The van der Waals surface area contributed by atoms with Crippen LogP contribution in [0.1, 0.15) is 17.2 Å². The molecule has 3 aromatic rings. The highest BCUT2D eigenvalue weighted by molar-refractivity contribution is 5.55. The first kappa shape index (κ1) is 10.8. The zero-order chi connectivity index (χ0) is 12.4. The monoisotopic (exact) mass is 240 g/mol. The van der Waals surface area contributed by atoms with Crippen LogP contribution in [0, 0.1) is 0 Å². The van der Waals surface area contributed by atoms with Crippen LogP contribution in [0.4, 0.5) is 0 Å². The molecule has 0 fully saturated rings. The van der Waals surface area contributed by atoms with Crippen LogP contribution in [0.15, 0.2) is 49.3 Å². The molecule has 0 bridgehead atoms. The summed E-state index contributed by atoms with van der Waals surface area (Å²) in [6, 6.07) is 3.70. The number of nitrogens with zero attached hydrogens (tertiary/aromatic N) is 4. The van der Waals surface area contributed by atoms with Gasteiger partial charge in [0, 0.05) is 30.4 Å². The third kappa shape index (κ3) is 1.73. The summed E-state index contributed by atoms with van der Waals surface area (Å²) in [6.07, 6.45) is 10.6. The van der Waals surface area contributed by atoms with Gasteiger partial charge in [-0.25, -0.2) is 9.94 Å². The Morgan fingerprint density at radius 2 is 2.06 bits per heavy atom. The van der Waals surface area contributed by atoms with Crippen molar-refractivity contribution in [2.24, 2.45) is 5.84 Å². The van der Waals surface area contributed by atoms with E-state index < -0.39 is 0 Å². The first-order chi connectivity index (χ1) is 8.90. The van der Waals surface area contributed by atoms with Gasteiger partial charge in [0.05, 0.1) is 24.0 Å². The molecule has 18 heavy (non-hydrogen) atoms. The highest BCUT2D eigenvalue weighted by Gasteiger charge is 2.17. The average Bonchev–Trinajstić information content (AvgIpc) is 2.85. The van der Waals surface area contributed by atoms with Crippen molar-refractivity contribution in [1.82, 2.24) is 25.0 Å². The van der Waals surface area contributed by atoms with Crippen LogP contribution >= 0.6 is 0 Å². The van der Waals surface area contributed by atoms with Crippen LogP contribution in [0.25, 0.3) is 5.52 Å². The molecule has 0 saturated carbocycles. The lowest BCUT2D eigenvalue weighted by molar-refractivity contribution is 0.638. The lowest BCUT2D eigenvalue weighted by Crippen LogP contribution is -2.28. The number of aromatic nitrogens is 4. The minimum Gasteiger partial charge on any atom is -0.271 e. The van der Waals surface area contributed by atoms with Crippen molar-refractivity contribution in [1.29, 1.82) is 0 Å². The number of hydrazine groups is 1. The van der Waals surface area contributed by atoms with Crippen LogP contribution in [0.3, 0.4) is 0 Å². The summed E-state index contributed by atoms with van der Waals surface area (Å²) in [5.41, 5.74) is 5.67. The third-order valence-electron chi connectivity index (χ3n) is 2.85. The molecule has 0 radical (unpaired) electrons. The quantitative estimate of drug-likeness (QED) is 0.519.